The first kappa shape index (κ1) is 23.4. The van der Waals surface area contributed by atoms with Gasteiger partial charge in [-0.25, -0.2) is 13.8 Å². The molecule has 0 spiro atoms. The van der Waals surface area contributed by atoms with Gasteiger partial charge in [-0.2, -0.15) is 0 Å². The predicted molar refractivity (Wildman–Crippen MR) is 131 cm³/mol. The van der Waals surface area contributed by atoms with E-state index in [2.05, 4.69) is 31.5 Å². The van der Waals surface area contributed by atoms with E-state index in [9.17, 15) is 8.78 Å². The van der Waals surface area contributed by atoms with Crippen LogP contribution in [0.3, 0.4) is 0 Å². The average molecular weight is 496 g/mol. The fourth-order valence-corrected chi connectivity index (χ4v) is 5.43. The van der Waals surface area contributed by atoms with Gasteiger partial charge in [-0.15, -0.1) is 11.3 Å². The molecule has 2 aliphatic heterocycles. The van der Waals surface area contributed by atoms with Crippen LogP contribution in [0.4, 0.5) is 8.78 Å². The number of rotatable bonds is 5. The predicted octanol–water partition coefficient (Wildman–Crippen LogP) is 7.51. The first-order valence-electron chi connectivity index (χ1n) is 10.6. The topological polar surface area (TPSA) is 28.5 Å². The van der Waals surface area contributed by atoms with Crippen molar-refractivity contribution in [3.05, 3.63) is 56.7 Å². The number of aromatic nitrogens is 1. The lowest BCUT2D eigenvalue weighted by Gasteiger charge is -2.34. The number of nitrogens with zero attached hydrogens (tertiary/aromatic N) is 3. The molecule has 0 unspecified atom stereocenters. The van der Waals surface area contributed by atoms with Crippen molar-refractivity contribution in [2.75, 3.05) is 19.6 Å². The number of aryl methyl sites for hydroxylation is 1. The van der Waals surface area contributed by atoms with E-state index in [1.54, 1.807) is 0 Å². The van der Waals surface area contributed by atoms with Gasteiger partial charge in [-0.05, 0) is 30.1 Å². The maximum Gasteiger partial charge on any atom is 0.251 e. The fourth-order valence-electron chi connectivity index (χ4n) is 3.80. The molecule has 0 bridgehead atoms. The van der Waals surface area contributed by atoms with Crippen LogP contribution >= 0.6 is 34.5 Å². The van der Waals surface area contributed by atoms with E-state index in [0.717, 1.165) is 26.7 Å². The van der Waals surface area contributed by atoms with E-state index in [1.165, 1.54) is 16.9 Å². The van der Waals surface area contributed by atoms with Crippen molar-refractivity contribution in [3.8, 4) is 10.4 Å². The summed E-state index contributed by atoms with van der Waals surface area (Å²) in [7, 11) is 0. The lowest BCUT2D eigenvalue weighted by molar-refractivity contribution is -0.0450. The lowest BCUT2D eigenvalue weighted by atomic mass is 10.0. The molecule has 4 rings (SSSR count). The molecule has 3 heterocycles. The summed E-state index contributed by atoms with van der Waals surface area (Å²) in [4.78, 5) is 12.3. The van der Waals surface area contributed by atoms with Crippen molar-refractivity contribution < 1.29 is 8.78 Å². The van der Waals surface area contributed by atoms with Gasteiger partial charge in [0.15, 0.2) is 0 Å². The van der Waals surface area contributed by atoms with Gasteiger partial charge in [0, 0.05) is 31.5 Å². The van der Waals surface area contributed by atoms with Gasteiger partial charge in [0.1, 0.15) is 10.7 Å². The summed E-state index contributed by atoms with van der Waals surface area (Å²) in [6, 6.07) is 3.84. The van der Waals surface area contributed by atoms with Crippen LogP contribution in [0.1, 0.15) is 43.0 Å². The third-order valence-corrected chi connectivity index (χ3v) is 8.10. The van der Waals surface area contributed by atoms with E-state index >= 15 is 0 Å². The first-order chi connectivity index (χ1) is 15.1. The van der Waals surface area contributed by atoms with E-state index in [-0.39, 0.29) is 25.9 Å². The quantitative estimate of drug-likeness (QED) is 0.429. The molecule has 1 aromatic heterocycles. The molecule has 1 fully saturated rings. The van der Waals surface area contributed by atoms with Crippen LogP contribution in [0.5, 0.6) is 0 Å². The van der Waals surface area contributed by atoms with Crippen LogP contribution < -0.4 is 0 Å². The lowest BCUT2D eigenvalue weighted by Crippen LogP contribution is -2.38. The maximum atomic E-state index is 13.7. The number of halogens is 4. The van der Waals surface area contributed by atoms with Crippen LogP contribution in [0.25, 0.3) is 16.1 Å². The highest BCUT2D eigenvalue weighted by atomic mass is 35.5. The minimum Gasteiger partial charge on any atom is -0.370 e. The number of hydrogen-bond acceptors (Lipinski definition) is 4. The zero-order valence-corrected chi connectivity index (χ0v) is 20.6. The van der Waals surface area contributed by atoms with Gasteiger partial charge in [-0.3, -0.25) is 4.99 Å². The highest BCUT2D eigenvalue weighted by Crippen LogP contribution is 2.43. The second-order valence-electron chi connectivity index (χ2n) is 8.62. The summed E-state index contributed by atoms with van der Waals surface area (Å²) in [6.45, 7) is 11.5. The summed E-state index contributed by atoms with van der Waals surface area (Å²) >= 11 is 14.5. The third-order valence-electron chi connectivity index (χ3n) is 6.01. The molecule has 1 saturated heterocycles. The fraction of sp³-hybridized carbons (Fsp3) is 0.417. The largest absolute Gasteiger partial charge is 0.370 e. The Bertz CT molecular complexity index is 1120. The van der Waals surface area contributed by atoms with Crippen molar-refractivity contribution in [2.45, 2.75) is 39.5 Å². The summed E-state index contributed by atoms with van der Waals surface area (Å²) in [5.74, 6) is -2.22. The molecule has 0 atom stereocenters. The van der Waals surface area contributed by atoms with Gasteiger partial charge < -0.3 is 4.90 Å². The number of piperidine rings is 1. The minimum absolute atomic E-state index is 0.192. The van der Waals surface area contributed by atoms with Gasteiger partial charge in [0.25, 0.3) is 5.92 Å². The SMILES string of the molecule is C=C(c1nc(C2=NCC(C(C)C)=C2)sc1-c1ccc(C)c(Cl)c1Cl)N1CCC(F)(F)CC1. The van der Waals surface area contributed by atoms with E-state index < -0.39 is 5.92 Å². The van der Waals surface area contributed by atoms with Crippen LogP contribution in [0, 0.1) is 12.8 Å². The Morgan fingerprint density at radius 2 is 1.88 bits per heavy atom. The highest BCUT2D eigenvalue weighted by molar-refractivity contribution is 7.17. The van der Waals surface area contributed by atoms with Crippen LogP contribution in [0.15, 0.2) is 35.4 Å². The van der Waals surface area contributed by atoms with Gasteiger partial charge >= 0.3 is 0 Å². The maximum absolute atomic E-state index is 13.7. The molecule has 0 saturated carbocycles. The third kappa shape index (κ3) is 4.50. The van der Waals surface area contributed by atoms with Gasteiger partial charge in [-0.1, -0.05) is 55.8 Å². The summed E-state index contributed by atoms with van der Waals surface area (Å²) < 4.78 is 27.4. The van der Waals surface area contributed by atoms with Crippen molar-refractivity contribution >= 4 is 45.9 Å². The number of allylic oxidation sites excluding steroid dienone is 1. The molecular weight excluding hydrogens is 471 g/mol. The summed E-state index contributed by atoms with van der Waals surface area (Å²) in [5, 5.41) is 1.71. The molecule has 0 aliphatic carbocycles. The van der Waals surface area contributed by atoms with E-state index in [4.69, 9.17) is 28.2 Å². The molecule has 1 aromatic carbocycles. The van der Waals surface area contributed by atoms with E-state index in [1.807, 2.05) is 24.0 Å². The Morgan fingerprint density at radius 1 is 1.19 bits per heavy atom. The number of benzene rings is 1. The Morgan fingerprint density at radius 3 is 2.50 bits per heavy atom. The molecule has 32 heavy (non-hydrogen) atoms. The summed E-state index contributed by atoms with van der Waals surface area (Å²) in [6.07, 6.45) is 1.70. The van der Waals surface area contributed by atoms with Crippen LogP contribution in [-0.2, 0) is 0 Å². The molecule has 2 aromatic rings. The molecule has 3 nitrogen and oxygen atoms in total. The van der Waals surface area contributed by atoms with Crippen LogP contribution in [0.2, 0.25) is 10.0 Å². The molecule has 2 aliphatic rings. The zero-order valence-electron chi connectivity index (χ0n) is 18.3. The van der Waals surface area contributed by atoms with Crippen molar-refractivity contribution in [1.82, 2.24) is 9.88 Å². The second-order valence-corrected chi connectivity index (χ2v) is 10.4. The zero-order chi connectivity index (χ0) is 23.2. The molecule has 0 amide bonds. The normalized spacial score (nSPS) is 18.2. The Balaban J connectivity index is 1.77. The number of aliphatic imine (C=N–C) groups is 1. The Hall–Kier alpha value is -1.76. The molecular formula is C24H25Cl2F2N3S. The Kier molecular flexibility index (Phi) is 6.49. The second kappa shape index (κ2) is 8.88. The number of alkyl halides is 2. The summed E-state index contributed by atoms with van der Waals surface area (Å²) in [5.41, 5.74) is 5.00. The van der Waals surface area contributed by atoms with Crippen molar-refractivity contribution in [2.24, 2.45) is 10.9 Å². The number of likely N-dealkylation sites (tertiary alicyclic amines) is 1. The van der Waals surface area contributed by atoms with Crippen LogP contribution in [-0.4, -0.2) is 41.2 Å². The van der Waals surface area contributed by atoms with E-state index in [0.29, 0.717) is 33.9 Å². The Labute approximate surface area is 201 Å². The molecule has 8 heteroatoms. The van der Waals surface area contributed by atoms with Gasteiger partial charge in [0.05, 0.1) is 32.9 Å². The minimum atomic E-state index is -2.63. The smallest absolute Gasteiger partial charge is 0.251 e. The molecule has 0 radical (unpaired) electrons. The average Bonchev–Trinajstić information content (AvgIpc) is 3.39. The monoisotopic (exact) mass is 495 g/mol. The standard InChI is InChI=1S/C24H25Cl2F2N3S/c1-13(2)16-11-18(29-12-16)23-30-21(15(4)31-9-7-24(27,28)8-10-31)22(32-23)17-6-5-14(3)19(25)20(17)26/h5-6,11,13H,4,7-10,12H2,1-3H3. The first-order valence-corrected chi connectivity index (χ1v) is 12.2. The highest BCUT2D eigenvalue weighted by Gasteiger charge is 2.35. The molecule has 170 valence electrons. The van der Waals surface area contributed by atoms with Crippen molar-refractivity contribution in [3.63, 3.8) is 0 Å². The molecule has 0 N–H and O–H groups in total. The van der Waals surface area contributed by atoms with Gasteiger partial charge in [0.2, 0.25) is 0 Å². The number of thiazole rings is 1. The van der Waals surface area contributed by atoms with Crippen molar-refractivity contribution in [1.29, 1.82) is 0 Å². The number of hydrogen-bond donors (Lipinski definition) is 0.